The van der Waals surface area contributed by atoms with Gasteiger partial charge in [-0.05, 0) is 12.8 Å². The van der Waals surface area contributed by atoms with Crippen LogP contribution in [0.15, 0.2) is 0 Å². The second kappa shape index (κ2) is 5.47. The highest BCUT2D eigenvalue weighted by Gasteiger charge is 2.33. The van der Waals surface area contributed by atoms with Gasteiger partial charge in [0.1, 0.15) is 0 Å². The molecule has 1 fully saturated rings. The average Bonchev–Trinajstić information content (AvgIpc) is 2.67. The lowest BCUT2D eigenvalue weighted by molar-refractivity contribution is -0.131. The van der Waals surface area contributed by atoms with Crippen LogP contribution >= 0.6 is 0 Å². The molecule has 2 N–H and O–H groups in total. The van der Waals surface area contributed by atoms with Crippen molar-refractivity contribution in [1.29, 1.82) is 0 Å². The molecule has 0 heterocycles. The van der Waals surface area contributed by atoms with Gasteiger partial charge >= 0.3 is 0 Å². The minimum Gasteiger partial charge on any atom is -0.373 e. The van der Waals surface area contributed by atoms with Crippen LogP contribution in [-0.2, 0) is 9.53 Å². The van der Waals surface area contributed by atoms with Crippen molar-refractivity contribution in [1.82, 2.24) is 4.90 Å². The van der Waals surface area contributed by atoms with Crippen LogP contribution in [0.4, 0.5) is 0 Å². The fraction of sp³-hybridized carbons (Fsp3) is 0.909. The molecule has 1 rings (SSSR count). The quantitative estimate of drug-likeness (QED) is 0.735. The molecule has 4 heteroatoms. The van der Waals surface area contributed by atoms with Gasteiger partial charge in [-0.1, -0.05) is 12.8 Å². The molecule has 0 saturated heterocycles. The van der Waals surface area contributed by atoms with E-state index in [1.807, 2.05) is 0 Å². The Hall–Kier alpha value is -0.610. The van der Waals surface area contributed by atoms with Crippen molar-refractivity contribution in [2.45, 2.75) is 37.7 Å². The predicted octanol–water partition coefficient (Wildman–Crippen LogP) is 0.753. The fourth-order valence-corrected chi connectivity index (χ4v) is 2.01. The van der Waals surface area contributed by atoms with Crippen molar-refractivity contribution < 1.29 is 9.53 Å². The van der Waals surface area contributed by atoms with Crippen LogP contribution in [0.25, 0.3) is 0 Å². The van der Waals surface area contributed by atoms with Crippen LogP contribution < -0.4 is 5.73 Å². The standard InChI is InChI=1S/C11H22N2O2/c1-13(2)10(14)5-8-15-11(9-12)6-3-4-7-11/h3-9,12H2,1-2H3. The zero-order chi connectivity index (χ0) is 11.3. The Labute approximate surface area is 91.8 Å². The highest BCUT2D eigenvalue weighted by molar-refractivity contribution is 5.75. The molecule has 0 spiro atoms. The molecule has 15 heavy (non-hydrogen) atoms. The van der Waals surface area contributed by atoms with E-state index in [4.69, 9.17) is 10.5 Å². The Kier molecular flexibility index (Phi) is 4.54. The second-order valence-electron chi connectivity index (χ2n) is 4.48. The largest absolute Gasteiger partial charge is 0.373 e. The number of rotatable bonds is 5. The number of nitrogens with zero attached hydrogens (tertiary/aromatic N) is 1. The highest BCUT2D eigenvalue weighted by atomic mass is 16.5. The van der Waals surface area contributed by atoms with Gasteiger partial charge in [-0.15, -0.1) is 0 Å². The van der Waals surface area contributed by atoms with Crippen molar-refractivity contribution in [3.05, 3.63) is 0 Å². The van der Waals surface area contributed by atoms with Gasteiger partial charge in [0.05, 0.1) is 18.6 Å². The molecule has 88 valence electrons. The molecule has 1 aliphatic rings. The number of nitrogens with two attached hydrogens (primary N) is 1. The van der Waals surface area contributed by atoms with E-state index in [1.54, 1.807) is 19.0 Å². The van der Waals surface area contributed by atoms with Crippen LogP contribution in [-0.4, -0.2) is 43.7 Å². The molecular weight excluding hydrogens is 192 g/mol. The summed E-state index contributed by atoms with van der Waals surface area (Å²) in [7, 11) is 3.52. The number of hydrogen-bond donors (Lipinski definition) is 1. The molecule has 0 unspecified atom stereocenters. The monoisotopic (exact) mass is 214 g/mol. The number of carbonyl (C=O) groups is 1. The lowest BCUT2D eigenvalue weighted by atomic mass is 10.0. The van der Waals surface area contributed by atoms with Gasteiger partial charge < -0.3 is 15.4 Å². The molecule has 1 saturated carbocycles. The van der Waals surface area contributed by atoms with Crippen molar-refractivity contribution in [2.24, 2.45) is 5.73 Å². The summed E-state index contributed by atoms with van der Waals surface area (Å²) < 4.78 is 5.79. The van der Waals surface area contributed by atoms with Crippen molar-refractivity contribution in [2.75, 3.05) is 27.2 Å². The van der Waals surface area contributed by atoms with E-state index >= 15 is 0 Å². The molecule has 1 aliphatic carbocycles. The Morgan fingerprint density at radius 1 is 1.40 bits per heavy atom. The Morgan fingerprint density at radius 2 is 2.00 bits per heavy atom. The highest BCUT2D eigenvalue weighted by Crippen LogP contribution is 2.32. The maximum atomic E-state index is 11.3. The third kappa shape index (κ3) is 3.47. The summed E-state index contributed by atoms with van der Waals surface area (Å²) in [5.74, 6) is 0.111. The zero-order valence-corrected chi connectivity index (χ0v) is 9.79. The van der Waals surface area contributed by atoms with Crippen LogP contribution in [0.2, 0.25) is 0 Å². The van der Waals surface area contributed by atoms with Gasteiger partial charge in [0.15, 0.2) is 0 Å². The molecule has 0 aliphatic heterocycles. The SMILES string of the molecule is CN(C)C(=O)CCOC1(CN)CCCC1. The molecular formula is C11H22N2O2. The molecule has 0 bridgehead atoms. The minimum atomic E-state index is -0.132. The fourth-order valence-electron chi connectivity index (χ4n) is 2.01. The summed E-state index contributed by atoms with van der Waals surface area (Å²) in [5, 5.41) is 0. The first-order chi connectivity index (χ1) is 7.09. The topological polar surface area (TPSA) is 55.6 Å². The maximum Gasteiger partial charge on any atom is 0.224 e. The van der Waals surface area contributed by atoms with E-state index in [0.29, 0.717) is 19.6 Å². The second-order valence-corrected chi connectivity index (χ2v) is 4.48. The third-order valence-electron chi connectivity index (χ3n) is 3.11. The van der Waals surface area contributed by atoms with E-state index in [-0.39, 0.29) is 11.5 Å². The van der Waals surface area contributed by atoms with Crippen molar-refractivity contribution in [3.63, 3.8) is 0 Å². The van der Waals surface area contributed by atoms with Crippen molar-refractivity contribution >= 4 is 5.91 Å². The summed E-state index contributed by atoms with van der Waals surface area (Å²) >= 11 is 0. The summed E-state index contributed by atoms with van der Waals surface area (Å²) in [5.41, 5.74) is 5.59. The van der Waals surface area contributed by atoms with E-state index in [1.165, 1.54) is 12.8 Å². The number of ether oxygens (including phenoxy) is 1. The Morgan fingerprint density at radius 3 is 2.47 bits per heavy atom. The first-order valence-electron chi connectivity index (χ1n) is 5.64. The van der Waals surface area contributed by atoms with Crippen LogP contribution in [0, 0.1) is 0 Å². The summed E-state index contributed by atoms with van der Waals surface area (Å²) in [6.07, 6.45) is 4.92. The van der Waals surface area contributed by atoms with Gasteiger partial charge in [-0.3, -0.25) is 4.79 Å². The Balaban J connectivity index is 2.26. The molecule has 0 aromatic rings. The van der Waals surface area contributed by atoms with Crippen LogP contribution in [0.3, 0.4) is 0 Å². The molecule has 0 radical (unpaired) electrons. The van der Waals surface area contributed by atoms with E-state index < -0.39 is 0 Å². The molecule has 0 atom stereocenters. The van der Waals surface area contributed by atoms with Crippen molar-refractivity contribution in [3.8, 4) is 0 Å². The molecule has 1 amide bonds. The summed E-state index contributed by atoms with van der Waals surface area (Å²) in [6, 6.07) is 0. The van der Waals surface area contributed by atoms with Gasteiger partial charge in [-0.2, -0.15) is 0 Å². The van der Waals surface area contributed by atoms with Gasteiger partial charge in [0, 0.05) is 20.6 Å². The summed E-state index contributed by atoms with van der Waals surface area (Å²) in [6.45, 7) is 1.07. The first kappa shape index (κ1) is 12.5. The molecule has 0 aromatic carbocycles. The van der Waals surface area contributed by atoms with Crippen LogP contribution in [0.5, 0.6) is 0 Å². The Bertz CT molecular complexity index is 211. The molecule has 0 aromatic heterocycles. The lowest BCUT2D eigenvalue weighted by Crippen LogP contribution is -2.38. The maximum absolute atomic E-state index is 11.3. The van der Waals surface area contributed by atoms with Crippen LogP contribution in [0.1, 0.15) is 32.1 Å². The van der Waals surface area contributed by atoms with E-state index in [2.05, 4.69) is 0 Å². The number of carbonyl (C=O) groups excluding carboxylic acids is 1. The third-order valence-corrected chi connectivity index (χ3v) is 3.11. The summed E-state index contributed by atoms with van der Waals surface area (Å²) in [4.78, 5) is 12.9. The smallest absolute Gasteiger partial charge is 0.224 e. The van der Waals surface area contributed by atoms with E-state index in [9.17, 15) is 4.79 Å². The number of hydrogen-bond acceptors (Lipinski definition) is 3. The lowest BCUT2D eigenvalue weighted by Gasteiger charge is -2.27. The van der Waals surface area contributed by atoms with Gasteiger partial charge in [0.25, 0.3) is 0 Å². The molecule has 4 nitrogen and oxygen atoms in total. The number of amides is 1. The predicted molar refractivity (Wildman–Crippen MR) is 59.5 cm³/mol. The van der Waals surface area contributed by atoms with Gasteiger partial charge in [-0.25, -0.2) is 0 Å². The van der Waals surface area contributed by atoms with E-state index in [0.717, 1.165) is 12.8 Å². The first-order valence-corrected chi connectivity index (χ1v) is 5.64. The average molecular weight is 214 g/mol. The minimum absolute atomic E-state index is 0.111. The normalized spacial score (nSPS) is 19.1. The van der Waals surface area contributed by atoms with Gasteiger partial charge in [0.2, 0.25) is 5.91 Å². The zero-order valence-electron chi connectivity index (χ0n) is 9.79.